The Morgan fingerprint density at radius 3 is 2.14 bits per heavy atom. The molecule has 1 aromatic heterocycles. The maximum Gasteiger partial charge on any atom is 0.453 e. The van der Waals surface area contributed by atoms with E-state index < -0.39 is 12.0 Å². The number of aromatic nitrogens is 4. The summed E-state index contributed by atoms with van der Waals surface area (Å²) in [6, 6.07) is 23.5. The van der Waals surface area contributed by atoms with Gasteiger partial charge in [-0.2, -0.15) is 17.9 Å². The maximum absolute atomic E-state index is 13.5. The minimum Gasteiger partial charge on any atom is -0.354 e. The summed E-state index contributed by atoms with van der Waals surface area (Å²) < 4.78 is 41.2. The fourth-order valence-electron chi connectivity index (χ4n) is 2.91. The number of para-hydroxylation sites is 2. The van der Waals surface area contributed by atoms with E-state index in [-0.39, 0.29) is 5.69 Å². The summed E-state index contributed by atoms with van der Waals surface area (Å²) >= 11 is 0. The fourth-order valence-corrected chi connectivity index (χ4v) is 2.91. The molecule has 140 valence electrons. The van der Waals surface area contributed by atoms with Gasteiger partial charge in [-0.25, -0.2) is 0 Å². The summed E-state index contributed by atoms with van der Waals surface area (Å²) in [6.45, 7) is 0. The van der Waals surface area contributed by atoms with Gasteiger partial charge in [0.1, 0.15) is 5.69 Å². The fraction of sp³-hybridized carbons (Fsp3) is 0.0500. The number of nitrogens with one attached hydrogen (secondary N) is 1. The maximum atomic E-state index is 13.5. The Morgan fingerprint density at radius 1 is 0.786 bits per heavy atom. The summed E-state index contributed by atoms with van der Waals surface area (Å²) in [7, 11) is 0. The van der Waals surface area contributed by atoms with Gasteiger partial charge in [0.25, 0.3) is 5.82 Å². The van der Waals surface area contributed by atoms with Crippen molar-refractivity contribution >= 4 is 11.4 Å². The number of hydrogen-bond donors (Lipinski definition) is 1. The van der Waals surface area contributed by atoms with Crippen LogP contribution in [0.5, 0.6) is 0 Å². The van der Waals surface area contributed by atoms with E-state index >= 15 is 0 Å². The molecular formula is C20H14F3N5. The summed E-state index contributed by atoms with van der Waals surface area (Å²) in [5.74, 6) is -1.19. The lowest BCUT2D eigenvalue weighted by molar-refractivity contribution is -0.146. The lowest BCUT2D eigenvalue weighted by Crippen LogP contribution is -2.16. The van der Waals surface area contributed by atoms with Crippen LogP contribution < -0.4 is 5.32 Å². The molecule has 5 nitrogen and oxygen atoms in total. The zero-order chi connectivity index (χ0) is 19.6. The van der Waals surface area contributed by atoms with Crippen LogP contribution in [0.15, 0.2) is 78.9 Å². The highest BCUT2D eigenvalue weighted by atomic mass is 19.4. The highest BCUT2D eigenvalue weighted by molar-refractivity contribution is 5.83. The van der Waals surface area contributed by atoms with Gasteiger partial charge < -0.3 is 5.32 Å². The van der Waals surface area contributed by atoms with Crippen LogP contribution in [0.25, 0.3) is 16.8 Å². The van der Waals surface area contributed by atoms with Gasteiger partial charge in [-0.3, -0.25) is 0 Å². The van der Waals surface area contributed by atoms with Crippen molar-refractivity contribution in [3.05, 3.63) is 84.7 Å². The minimum absolute atomic E-state index is 0.217. The van der Waals surface area contributed by atoms with Crippen LogP contribution in [0.4, 0.5) is 24.5 Å². The van der Waals surface area contributed by atoms with Crippen LogP contribution in [0, 0.1) is 0 Å². The number of halogens is 3. The van der Waals surface area contributed by atoms with Crippen LogP contribution in [0.3, 0.4) is 0 Å². The van der Waals surface area contributed by atoms with E-state index in [9.17, 15) is 13.2 Å². The number of hydrogen-bond acceptors (Lipinski definition) is 4. The highest BCUT2D eigenvalue weighted by Crippen LogP contribution is 2.37. The molecule has 0 aliphatic rings. The zero-order valence-electron chi connectivity index (χ0n) is 14.4. The van der Waals surface area contributed by atoms with Crippen molar-refractivity contribution < 1.29 is 13.2 Å². The number of nitrogens with zero attached hydrogens (tertiary/aromatic N) is 4. The Hall–Kier alpha value is -3.68. The SMILES string of the molecule is FC(F)(F)c1nnnn1-c1c(Nc2ccccc2)cccc1-c1ccccc1. The second-order valence-electron chi connectivity index (χ2n) is 5.97. The van der Waals surface area contributed by atoms with Gasteiger partial charge in [-0.15, -0.1) is 5.10 Å². The van der Waals surface area contributed by atoms with Crippen molar-refractivity contribution in [3.8, 4) is 16.8 Å². The lowest BCUT2D eigenvalue weighted by atomic mass is 10.0. The molecule has 1 N–H and O–H groups in total. The van der Waals surface area contributed by atoms with E-state index in [4.69, 9.17) is 0 Å². The van der Waals surface area contributed by atoms with Crippen LogP contribution in [-0.4, -0.2) is 20.2 Å². The number of rotatable bonds is 4. The normalized spacial score (nSPS) is 11.4. The van der Waals surface area contributed by atoms with Gasteiger partial charge in [0.15, 0.2) is 0 Å². The molecule has 4 aromatic rings. The molecule has 0 amide bonds. The van der Waals surface area contributed by atoms with Gasteiger partial charge in [-0.1, -0.05) is 60.7 Å². The molecule has 1 heterocycles. The van der Waals surface area contributed by atoms with Crippen LogP contribution in [0.1, 0.15) is 5.82 Å². The Morgan fingerprint density at radius 2 is 1.46 bits per heavy atom. The highest BCUT2D eigenvalue weighted by Gasteiger charge is 2.39. The first kappa shape index (κ1) is 17.7. The summed E-state index contributed by atoms with van der Waals surface area (Å²) in [5.41, 5.74) is 2.72. The van der Waals surface area contributed by atoms with Crippen LogP contribution >= 0.6 is 0 Å². The molecule has 8 heteroatoms. The molecule has 0 atom stereocenters. The molecular weight excluding hydrogens is 367 g/mol. The molecule has 0 radical (unpaired) electrons. The Balaban J connectivity index is 1.95. The molecule has 3 aromatic carbocycles. The Labute approximate surface area is 158 Å². The first-order valence-electron chi connectivity index (χ1n) is 8.40. The van der Waals surface area contributed by atoms with Gasteiger partial charge in [0, 0.05) is 11.3 Å². The van der Waals surface area contributed by atoms with Crippen LogP contribution in [-0.2, 0) is 6.18 Å². The second kappa shape index (κ2) is 7.15. The average molecular weight is 381 g/mol. The molecule has 0 aliphatic heterocycles. The third-order valence-electron chi connectivity index (χ3n) is 4.11. The van der Waals surface area contributed by atoms with Crippen molar-refractivity contribution in [2.45, 2.75) is 6.18 Å². The second-order valence-corrected chi connectivity index (χ2v) is 5.97. The van der Waals surface area contributed by atoms with Gasteiger partial charge in [-0.05, 0) is 34.2 Å². The molecule has 0 saturated carbocycles. The van der Waals surface area contributed by atoms with Crippen molar-refractivity contribution in [2.24, 2.45) is 0 Å². The van der Waals surface area contributed by atoms with E-state index in [1.165, 1.54) is 0 Å². The zero-order valence-corrected chi connectivity index (χ0v) is 14.4. The first-order chi connectivity index (χ1) is 13.5. The van der Waals surface area contributed by atoms with Gasteiger partial charge >= 0.3 is 6.18 Å². The minimum atomic E-state index is -4.70. The van der Waals surface area contributed by atoms with E-state index in [0.29, 0.717) is 11.3 Å². The van der Waals surface area contributed by atoms with Crippen molar-refractivity contribution in [3.63, 3.8) is 0 Å². The molecule has 0 bridgehead atoms. The molecule has 0 fully saturated rings. The third-order valence-corrected chi connectivity index (χ3v) is 4.11. The number of tetrazole rings is 1. The summed E-state index contributed by atoms with van der Waals surface area (Å²) in [5, 5.41) is 13.3. The number of benzene rings is 3. The third kappa shape index (κ3) is 3.44. The first-order valence-corrected chi connectivity index (χ1v) is 8.40. The smallest absolute Gasteiger partial charge is 0.354 e. The molecule has 0 saturated heterocycles. The molecule has 0 aliphatic carbocycles. The monoisotopic (exact) mass is 381 g/mol. The molecule has 28 heavy (non-hydrogen) atoms. The number of anilines is 2. The standard InChI is InChI=1S/C20H14F3N5/c21-20(22,23)19-25-26-27-28(19)18-16(14-8-3-1-4-9-14)12-7-13-17(18)24-15-10-5-2-6-11-15/h1-13,24H. The molecule has 4 rings (SSSR count). The largest absolute Gasteiger partial charge is 0.453 e. The number of alkyl halides is 3. The topological polar surface area (TPSA) is 55.6 Å². The summed E-state index contributed by atoms with van der Waals surface area (Å²) in [4.78, 5) is 0. The van der Waals surface area contributed by atoms with Crippen molar-refractivity contribution in [2.75, 3.05) is 5.32 Å². The van der Waals surface area contributed by atoms with E-state index in [1.807, 2.05) is 60.7 Å². The van der Waals surface area contributed by atoms with Crippen LogP contribution in [0.2, 0.25) is 0 Å². The summed E-state index contributed by atoms with van der Waals surface area (Å²) in [6.07, 6.45) is -4.70. The van der Waals surface area contributed by atoms with Gasteiger partial charge in [0.2, 0.25) is 0 Å². The Kier molecular flexibility index (Phi) is 4.52. The molecule has 0 spiro atoms. The van der Waals surface area contributed by atoms with E-state index in [0.717, 1.165) is 15.9 Å². The predicted molar refractivity (Wildman–Crippen MR) is 99.3 cm³/mol. The average Bonchev–Trinajstić information content (AvgIpc) is 3.19. The molecule has 0 unspecified atom stereocenters. The predicted octanol–water partition coefficient (Wildman–Crippen LogP) is 5.09. The van der Waals surface area contributed by atoms with E-state index in [2.05, 4.69) is 20.8 Å². The Bertz CT molecular complexity index is 1080. The quantitative estimate of drug-likeness (QED) is 0.535. The lowest BCUT2D eigenvalue weighted by Gasteiger charge is -2.18. The van der Waals surface area contributed by atoms with Gasteiger partial charge in [0.05, 0.1) is 5.69 Å². The van der Waals surface area contributed by atoms with Crippen molar-refractivity contribution in [1.82, 2.24) is 20.2 Å². The van der Waals surface area contributed by atoms with E-state index in [1.54, 1.807) is 18.2 Å². The van der Waals surface area contributed by atoms with Crippen molar-refractivity contribution in [1.29, 1.82) is 0 Å².